The lowest BCUT2D eigenvalue weighted by Gasteiger charge is -2.13. The van der Waals surface area contributed by atoms with Crippen molar-refractivity contribution in [3.8, 4) is 0 Å². The van der Waals surface area contributed by atoms with Crippen LogP contribution in [0.2, 0.25) is 0 Å². The second-order valence-electron chi connectivity index (χ2n) is 4.58. The molecule has 3 heteroatoms. The minimum atomic E-state index is -0.667. The maximum atomic E-state index is 10.5. The molecule has 0 spiro atoms. The molecule has 1 aromatic carbocycles. The quantitative estimate of drug-likeness (QED) is 0.760. The fourth-order valence-electron chi connectivity index (χ4n) is 2.21. The van der Waals surface area contributed by atoms with Crippen molar-refractivity contribution in [2.45, 2.75) is 13.0 Å². The van der Waals surface area contributed by atoms with E-state index < -0.39 is 6.10 Å². The minimum absolute atomic E-state index is 0.667. The van der Waals surface area contributed by atoms with Gasteiger partial charge in [0.05, 0.1) is 0 Å². The van der Waals surface area contributed by atoms with Crippen LogP contribution in [-0.2, 0) is 0 Å². The van der Waals surface area contributed by atoms with E-state index in [0.717, 1.165) is 27.6 Å². The number of aliphatic hydroxyl groups excluding tert-OH is 1. The predicted octanol–water partition coefficient (Wildman–Crippen LogP) is 3.02. The molecule has 2 heterocycles. The minimum Gasteiger partial charge on any atom is -0.384 e. The fraction of sp³-hybridized carbons (Fsp3) is 0.125. The average molecular weight is 250 g/mol. The van der Waals surface area contributed by atoms with Crippen LogP contribution in [0.5, 0.6) is 0 Å². The Hall–Kier alpha value is -2.26. The van der Waals surface area contributed by atoms with Crippen molar-refractivity contribution in [3.05, 3.63) is 71.8 Å². The summed E-state index contributed by atoms with van der Waals surface area (Å²) in [5.74, 6) is 0. The van der Waals surface area contributed by atoms with E-state index in [4.69, 9.17) is 0 Å². The number of rotatable bonds is 2. The molecule has 1 atom stereocenters. The van der Waals surface area contributed by atoms with Gasteiger partial charge in [0.25, 0.3) is 0 Å². The summed E-state index contributed by atoms with van der Waals surface area (Å²) in [5, 5.41) is 12.6. The molecule has 0 fully saturated rings. The molecule has 0 bridgehead atoms. The van der Waals surface area contributed by atoms with E-state index in [2.05, 4.69) is 9.97 Å². The van der Waals surface area contributed by atoms with Crippen molar-refractivity contribution >= 4 is 10.8 Å². The lowest BCUT2D eigenvalue weighted by molar-refractivity contribution is 0.221. The van der Waals surface area contributed by atoms with Gasteiger partial charge in [0, 0.05) is 35.2 Å². The number of benzene rings is 1. The highest BCUT2D eigenvalue weighted by Gasteiger charge is 2.13. The second-order valence-corrected chi connectivity index (χ2v) is 4.58. The van der Waals surface area contributed by atoms with E-state index in [0.29, 0.717) is 0 Å². The van der Waals surface area contributed by atoms with Gasteiger partial charge in [-0.3, -0.25) is 9.97 Å². The number of hydrogen-bond donors (Lipinski definition) is 1. The number of hydrogen-bond acceptors (Lipinski definition) is 3. The molecule has 3 rings (SSSR count). The Kier molecular flexibility index (Phi) is 2.97. The monoisotopic (exact) mass is 250 g/mol. The molecule has 94 valence electrons. The number of aryl methyl sites for hydroxylation is 1. The standard InChI is InChI=1S/C16H14N2O/c1-11-5-6-13(10-18-11)16(19)15-4-2-3-12-9-17-8-7-14(12)15/h2-10,16,19H,1H3. The van der Waals surface area contributed by atoms with E-state index in [1.165, 1.54) is 0 Å². The maximum absolute atomic E-state index is 10.5. The van der Waals surface area contributed by atoms with E-state index in [9.17, 15) is 5.11 Å². The van der Waals surface area contributed by atoms with Crippen LogP contribution in [-0.4, -0.2) is 15.1 Å². The van der Waals surface area contributed by atoms with Gasteiger partial charge in [-0.1, -0.05) is 24.3 Å². The number of pyridine rings is 2. The van der Waals surface area contributed by atoms with Gasteiger partial charge in [0.1, 0.15) is 6.10 Å². The topological polar surface area (TPSA) is 46.0 Å². The summed E-state index contributed by atoms with van der Waals surface area (Å²) in [7, 11) is 0. The highest BCUT2D eigenvalue weighted by Crippen LogP contribution is 2.28. The summed E-state index contributed by atoms with van der Waals surface area (Å²) >= 11 is 0. The maximum Gasteiger partial charge on any atom is 0.106 e. The van der Waals surface area contributed by atoms with E-state index >= 15 is 0 Å². The van der Waals surface area contributed by atoms with Crippen LogP contribution in [0.4, 0.5) is 0 Å². The third kappa shape index (κ3) is 2.20. The molecule has 0 aliphatic carbocycles. The molecule has 0 amide bonds. The summed E-state index contributed by atoms with van der Waals surface area (Å²) < 4.78 is 0. The Morgan fingerprint density at radius 3 is 2.74 bits per heavy atom. The summed E-state index contributed by atoms with van der Waals surface area (Å²) in [6.07, 6.45) is 4.60. The highest BCUT2D eigenvalue weighted by molar-refractivity contribution is 5.85. The normalized spacial score (nSPS) is 12.5. The van der Waals surface area contributed by atoms with E-state index in [1.54, 1.807) is 18.6 Å². The first kappa shape index (κ1) is 11.8. The van der Waals surface area contributed by atoms with Crippen molar-refractivity contribution in [1.82, 2.24) is 9.97 Å². The van der Waals surface area contributed by atoms with Gasteiger partial charge in [0.15, 0.2) is 0 Å². The molecule has 0 aliphatic heterocycles. The first-order valence-electron chi connectivity index (χ1n) is 6.19. The van der Waals surface area contributed by atoms with Gasteiger partial charge in [0.2, 0.25) is 0 Å². The molecule has 0 radical (unpaired) electrons. The SMILES string of the molecule is Cc1ccc(C(O)c2cccc3cnccc23)cn1. The molecule has 0 aliphatic rings. The Balaban J connectivity index is 2.11. The molecule has 2 aromatic heterocycles. The van der Waals surface area contributed by atoms with Crippen LogP contribution < -0.4 is 0 Å². The zero-order valence-electron chi connectivity index (χ0n) is 10.6. The van der Waals surface area contributed by atoms with Gasteiger partial charge >= 0.3 is 0 Å². The predicted molar refractivity (Wildman–Crippen MR) is 74.8 cm³/mol. The molecule has 3 nitrogen and oxygen atoms in total. The Morgan fingerprint density at radius 1 is 1.05 bits per heavy atom. The molecule has 1 N–H and O–H groups in total. The summed E-state index contributed by atoms with van der Waals surface area (Å²) in [4.78, 5) is 8.34. The van der Waals surface area contributed by atoms with E-state index in [-0.39, 0.29) is 0 Å². The molecule has 0 saturated carbocycles. The Bertz CT molecular complexity index is 702. The van der Waals surface area contributed by atoms with Crippen molar-refractivity contribution < 1.29 is 5.11 Å². The zero-order chi connectivity index (χ0) is 13.2. The zero-order valence-corrected chi connectivity index (χ0v) is 10.6. The molecule has 1 unspecified atom stereocenters. The second kappa shape index (κ2) is 4.78. The lowest BCUT2D eigenvalue weighted by atomic mass is 9.98. The summed E-state index contributed by atoms with van der Waals surface area (Å²) in [6, 6.07) is 11.6. The molecular weight excluding hydrogens is 236 g/mol. The first-order chi connectivity index (χ1) is 9.25. The van der Waals surface area contributed by atoms with E-state index in [1.807, 2.05) is 43.3 Å². The Morgan fingerprint density at radius 2 is 1.95 bits per heavy atom. The third-order valence-corrected chi connectivity index (χ3v) is 3.26. The number of aliphatic hydroxyl groups is 1. The van der Waals surface area contributed by atoms with Gasteiger partial charge in [-0.05, 0) is 30.0 Å². The number of nitrogens with zero attached hydrogens (tertiary/aromatic N) is 2. The smallest absolute Gasteiger partial charge is 0.106 e. The molecular formula is C16H14N2O. The first-order valence-corrected chi connectivity index (χ1v) is 6.19. The summed E-state index contributed by atoms with van der Waals surface area (Å²) in [5.41, 5.74) is 2.62. The summed E-state index contributed by atoms with van der Waals surface area (Å²) in [6.45, 7) is 1.93. The van der Waals surface area contributed by atoms with Crippen molar-refractivity contribution in [2.75, 3.05) is 0 Å². The highest BCUT2D eigenvalue weighted by atomic mass is 16.3. The van der Waals surface area contributed by atoms with Gasteiger partial charge in [-0.25, -0.2) is 0 Å². The van der Waals surface area contributed by atoms with Gasteiger partial charge in [-0.2, -0.15) is 0 Å². The molecule has 0 saturated heterocycles. The molecule has 19 heavy (non-hydrogen) atoms. The number of fused-ring (bicyclic) bond motifs is 1. The largest absolute Gasteiger partial charge is 0.384 e. The van der Waals surface area contributed by atoms with Crippen LogP contribution in [0.15, 0.2) is 55.0 Å². The van der Waals surface area contributed by atoms with Crippen LogP contribution in [0.1, 0.15) is 22.9 Å². The lowest BCUT2D eigenvalue weighted by Crippen LogP contribution is -2.01. The van der Waals surface area contributed by atoms with Gasteiger partial charge in [-0.15, -0.1) is 0 Å². The van der Waals surface area contributed by atoms with Crippen LogP contribution in [0, 0.1) is 6.92 Å². The van der Waals surface area contributed by atoms with Crippen LogP contribution >= 0.6 is 0 Å². The van der Waals surface area contributed by atoms with Crippen LogP contribution in [0.3, 0.4) is 0 Å². The third-order valence-electron chi connectivity index (χ3n) is 3.26. The molecule has 3 aromatic rings. The fourth-order valence-corrected chi connectivity index (χ4v) is 2.21. The van der Waals surface area contributed by atoms with Gasteiger partial charge < -0.3 is 5.11 Å². The van der Waals surface area contributed by atoms with Crippen LogP contribution in [0.25, 0.3) is 10.8 Å². The Labute approximate surface area is 111 Å². The van der Waals surface area contributed by atoms with Crippen molar-refractivity contribution in [3.63, 3.8) is 0 Å². The van der Waals surface area contributed by atoms with Crippen molar-refractivity contribution in [1.29, 1.82) is 0 Å². The number of aromatic nitrogens is 2. The van der Waals surface area contributed by atoms with Crippen molar-refractivity contribution in [2.24, 2.45) is 0 Å². The average Bonchev–Trinajstić information content (AvgIpc) is 2.47.